The van der Waals surface area contributed by atoms with Crippen LogP contribution in [0.4, 0.5) is 0 Å². The Morgan fingerprint density at radius 1 is 1.32 bits per heavy atom. The summed E-state index contributed by atoms with van der Waals surface area (Å²) in [6, 6.07) is 5.92. The normalized spacial score (nSPS) is 11.4. The minimum atomic E-state index is 0.615. The van der Waals surface area contributed by atoms with Crippen LogP contribution < -0.4 is 4.74 Å². The average Bonchev–Trinajstić information content (AvgIpc) is 2.39. The van der Waals surface area contributed by atoms with Crippen molar-refractivity contribution in [3.05, 3.63) is 28.8 Å². The quantitative estimate of drug-likeness (QED) is 0.475. The van der Waals surface area contributed by atoms with Gasteiger partial charge in [-0.05, 0) is 51.2 Å². The van der Waals surface area contributed by atoms with Crippen molar-refractivity contribution in [3.8, 4) is 5.75 Å². The molecule has 19 heavy (non-hydrogen) atoms. The number of quaternary nitrogens is 1. The first-order valence-corrected chi connectivity index (χ1v) is 7.73. The van der Waals surface area contributed by atoms with Crippen molar-refractivity contribution >= 4 is 40.8 Å². The molecule has 0 aliphatic heterocycles. The third kappa shape index (κ3) is 4.09. The molecule has 0 saturated carbocycles. The van der Waals surface area contributed by atoms with E-state index in [0.29, 0.717) is 16.1 Å². The molecule has 1 aromatic carbocycles. The lowest BCUT2D eigenvalue weighted by atomic mass is 10.2. The molecular formula is C14H21ClNOS2+. The van der Waals surface area contributed by atoms with Gasteiger partial charge < -0.3 is 4.74 Å². The van der Waals surface area contributed by atoms with Crippen LogP contribution in [0.15, 0.2) is 18.2 Å². The number of thiol groups is 1. The van der Waals surface area contributed by atoms with Crippen molar-refractivity contribution in [1.82, 2.24) is 0 Å². The molecule has 0 N–H and O–H groups in total. The van der Waals surface area contributed by atoms with Gasteiger partial charge in [0, 0.05) is 5.56 Å². The third-order valence-corrected chi connectivity index (χ3v) is 4.50. The standard InChI is InChI=1S/C14H20ClNOS2/c1-4-16(5-2,14(18)19)10-11-7-8-13(17-6-3)12(15)9-11/h7-9H,4-6,10H2,1-3H3/p+1. The molecule has 0 spiro atoms. The molecule has 5 heteroatoms. The zero-order chi connectivity index (χ0) is 14.5. The lowest BCUT2D eigenvalue weighted by Gasteiger charge is -2.34. The van der Waals surface area contributed by atoms with E-state index in [1.54, 1.807) is 0 Å². The summed E-state index contributed by atoms with van der Waals surface area (Å²) in [5.74, 6) is 0.729. The molecule has 0 radical (unpaired) electrons. The molecular weight excluding hydrogens is 298 g/mol. The zero-order valence-corrected chi connectivity index (χ0v) is 14.1. The van der Waals surface area contributed by atoms with Gasteiger partial charge in [0.05, 0.1) is 24.7 Å². The Morgan fingerprint density at radius 2 is 1.95 bits per heavy atom. The average molecular weight is 319 g/mol. The van der Waals surface area contributed by atoms with Gasteiger partial charge in [0.1, 0.15) is 12.3 Å². The summed E-state index contributed by atoms with van der Waals surface area (Å²) in [5, 5.41) is 0.648. The van der Waals surface area contributed by atoms with E-state index in [0.717, 1.165) is 35.3 Å². The predicted octanol–water partition coefficient (Wildman–Crippen LogP) is 4.31. The predicted molar refractivity (Wildman–Crippen MR) is 89.3 cm³/mol. The van der Waals surface area contributed by atoms with Crippen LogP contribution >= 0.6 is 36.4 Å². The van der Waals surface area contributed by atoms with Gasteiger partial charge in [-0.1, -0.05) is 24.2 Å². The molecule has 106 valence electrons. The second kappa shape index (κ2) is 7.48. The Labute approximate surface area is 131 Å². The zero-order valence-electron chi connectivity index (χ0n) is 11.6. The van der Waals surface area contributed by atoms with E-state index < -0.39 is 0 Å². The fraction of sp³-hybridized carbons (Fsp3) is 0.500. The maximum Gasteiger partial charge on any atom is 0.230 e. The first kappa shape index (κ1) is 16.8. The van der Waals surface area contributed by atoms with Crippen molar-refractivity contribution in [2.24, 2.45) is 0 Å². The minimum absolute atomic E-state index is 0.615. The third-order valence-electron chi connectivity index (χ3n) is 3.40. The molecule has 0 amide bonds. The van der Waals surface area contributed by atoms with Crippen LogP contribution in [0.5, 0.6) is 5.75 Å². The number of hydrogen-bond donors (Lipinski definition) is 1. The van der Waals surface area contributed by atoms with E-state index in [9.17, 15) is 0 Å². The van der Waals surface area contributed by atoms with Gasteiger partial charge >= 0.3 is 0 Å². The van der Waals surface area contributed by atoms with Crippen molar-refractivity contribution in [2.45, 2.75) is 27.3 Å². The van der Waals surface area contributed by atoms with Gasteiger partial charge in [0.2, 0.25) is 4.32 Å². The van der Waals surface area contributed by atoms with E-state index in [2.05, 4.69) is 26.5 Å². The summed E-state index contributed by atoms with van der Waals surface area (Å²) >= 11 is 15.9. The highest BCUT2D eigenvalue weighted by atomic mass is 35.5. The van der Waals surface area contributed by atoms with E-state index >= 15 is 0 Å². The SMILES string of the molecule is CCOc1ccc(C[N+](CC)(CC)C(=S)S)cc1Cl. The molecule has 0 bridgehead atoms. The molecule has 0 saturated heterocycles. The molecule has 2 nitrogen and oxygen atoms in total. The molecule has 0 heterocycles. The summed E-state index contributed by atoms with van der Waals surface area (Å²) in [5.41, 5.74) is 1.15. The number of halogens is 1. The second-order valence-corrected chi connectivity index (χ2v) is 5.94. The number of hydrogen-bond acceptors (Lipinski definition) is 2. The summed E-state index contributed by atoms with van der Waals surface area (Å²) in [6.07, 6.45) is 0. The van der Waals surface area contributed by atoms with Crippen LogP contribution in [0.3, 0.4) is 0 Å². The van der Waals surface area contributed by atoms with Gasteiger partial charge in [-0.2, -0.15) is 0 Å². The molecule has 0 unspecified atom stereocenters. The van der Waals surface area contributed by atoms with Crippen LogP contribution in [0.2, 0.25) is 5.02 Å². The molecule has 0 atom stereocenters. The molecule has 1 rings (SSSR count). The Balaban J connectivity index is 2.98. The van der Waals surface area contributed by atoms with Gasteiger partial charge in [0.25, 0.3) is 0 Å². The Morgan fingerprint density at radius 3 is 2.37 bits per heavy atom. The topological polar surface area (TPSA) is 9.23 Å². The molecule has 0 aliphatic carbocycles. The van der Waals surface area contributed by atoms with Crippen molar-refractivity contribution in [3.63, 3.8) is 0 Å². The summed E-state index contributed by atoms with van der Waals surface area (Å²) < 4.78 is 6.84. The van der Waals surface area contributed by atoms with Crippen LogP contribution in [0, 0.1) is 0 Å². The van der Waals surface area contributed by atoms with Gasteiger partial charge in [-0.3, -0.25) is 4.48 Å². The second-order valence-electron chi connectivity index (χ2n) is 4.42. The minimum Gasteiger partial charge on any atom is -0.492 e. The Bertz CT molecular complexity index is 447. The molecule has 0 fully saturated rings. The number of benzene rings is 1. The Hall–Kier alpha value is -0.290. The van der Waals surface area contributed by atoms with Gasteiger partial charge in [-0.15, -0.1) is 0 Å². The first-order valence-electron chi connectivity index (χ1n) is 6.49. The van der Waals surface area contributed by atoms with Crippen LogP contribution in [-0.2, 0) is 6.54 Å². The first-order chi connectivity index (χ1) is 8.99. The molecule has 0 aromatic heterocycles. The van der Waals surface area contributed by atoms with E-state index in [-0.39, 0.29) is 0 Å². The summed E-state index contributed by atoms with van der Waals surface area (Å²) in [7, 11) is 0. The Kier molecular flexibility index (Phi) is 6.60. The molecule has 1 aromatic rings. The fourth-order valence-corrected chi connectivity index (χ4v) is 2.98. The molecule has 0 aliphatic rings. The summed E-state index contributed by atoms with van der Waals surface area (Å²) in [4.78, 5) is 0. The van der Waals surface area contributed by atoms with Gasteiger partial charge in [-0.25, -0.2) is 0 Å². The lowest BCUT2D eigenvalue weighted by molar-refractivity contribution is -0.845. The smallest absolute Gasteiger partial charge is 0.230 e. The highest BCUT2D eigenvalue weighted by Crippen LogP contribution is 2.27. The number of thiocarbonyl (C=S) groups is 1. The van der Waals surface area contributed by atoms with Crippen LogP contribution in [-0.4, -0.2) is 28.5 Å². The maximum atomic E-state index is 6.22. The highest BCUT2D eigenvalue weighted by Gasteiger charge is 2.27. The van der Waals surface area contributed by atoms with Crippen molar-refractivity contribution in [1.29, 1.82) is 0 Å². The maximum absolute atomic E-state index is 6.22. The van der Waals surface area contributed by atoms with Crippen LogP contribution in [0.1, 0.15) is 26.3 Å². The summed E-state index contributed by atoms with van der Waals surface area (Å²) in [6.45, 7) is 9.46. The number of nitrogens with zero attached hydrogens (tertiary/aromatic N) is 1. The van der Waals surface area contributed by atoms with Crippen molar-refractivity contribution in [2.75, 3.05) is 19.7 Å². The number of rotatable bonds is 6. The number of ether oxygens (including phenoxy) is 1. The highest BCUT2D eigenvalue weighted by molar-refractivity contribution is 8.10. The van der Waals surface area contributed by atoms with E-state index in [1.807, 2.05) is 25.1 Å². The monoisotopic (exact) mass is 318 g/mol. The van der Waals surface area contributed by atoms with E-state index in [1.165, 1.54) is 0 Å². The van der Waals surface area contributed by atoms with Crippen LogP contribution in [0.25, 0.3) is 0 Å². The largest absolute Gasteiger partial charge is 0.492 e. The van der Waals surface area contributed by atoms with Gasteiger partial charge in [0.15, 0.2) is 0 Å². The lowest BCUT2D eigenvalue weighted by Crippen LogP contribution is -2.48. The van der Waals surface area contributed by atoms with Crippen molar-refractivity contribution < 1.29 is 9.22 Å². The fourth-order valence-electron chi connectivity index (χ4n) is 2.05. The van der Waals surface area contributed by atoms with E-state index in [4.69, 9.17) is 28.6 Å².